The molecular formula is C14H21N5OS. The molecule has 1 unspecified atom stereocenters. The molecule has 0 saturated heterocycles. The summed E-state index contributed by atoms with van der Waals surface area (Å²) in [5, 5.41) is 25.6. The number of aliphatic imine (C=N–C) groups is 1. The van der Waals surface area contributed by atoms with Crippen LogP contribution in [0, 0.1) is 6.92 Å². The lowest BCUT2D eigenvalue weighted by atomic mass is 10.1. The van der Waals surface area contributed by atoms with Gasteiger partial charge in [-0.1, -0.05) is 6.07 Å². The van der Waals surface area contributed by atoms with Gasteiger partial charge in [0.25, 0.3) is 0 Å². The van der Waals surface area contributed by atoms with Crippen molar-refractivity contribution >= 4 is 17.3 Å². The van der Waals surface area contributed by atoms with Crippen LogP contribution in [-0.4, -0.2) is 34.9 Å². The van der Waals surface area contributed by atoms with Crippen molar-refractivity contribution in [2.24, 2.45) is 4.99 Å². The van der Waals surface area contributed by atoms with Crippen LogP contribution >= 0.6 is 11.3 Å². The van der Waals surface area contributed by atoms with E-state index in [1.807, 2.05) is 24.4 Å². The smallest absolute Gasteiger partial charge is 0.191 e. The molecule has 0 spiro atoms. The minimum Gasteiger partial charge on any atom is -0.383 e. The average Bonchev–Trinajstić information content (AvgIpc) is 3.11. The lowest BCUT2D eigenvalue weighted by Crippen LogP contribution is -2.44. The zero-order chi connectivity index (χ0) is 15.3. The minimum absolute atomic E-state index is 0.386. The van der Waals surface area contributed by atoms with Crippen LogP contribution in [0.4, 0.5) is 0 Å². The lowest BCUT2D eigenvalue weighted by molar-refractivity contribution is 0.0655. The summed E-state index contributed by atoms with van der Waals surface area (Å²) in [5.41, 5.74) is 1.20. The molecule has 21 heavy (non-hydrogen) atoms. The predicted molar refractivity (Wildman–Crippen MR) is 85.4 cm³/mol. The van der Waals surface area contributed by atoms with E-state index < -0.39 is 5.60 Å². The Balaban J connectivity index is 1.87. The highest BCUT2D eigenvalue weighted by Crippen LogP contribution is 2.24. The Bertz CT molecular complexity index is 588. The molecule has 0 bridgehead atoms. The van der Waals surface area contributed by atoms with Crippen molar-refractivity contribution < 1.29 is 5.11 Å². The molecule has 0 aliphatic heterocycles. The Morgan fingerprint density at radius 2 is 2.33 bits per heavy atom. The average molecular weight is 307 g/mol. The fraction of sp³-hybridized carbons (Fsp3) is 0.429. The van der Waals surface area contributed by atoms with E-state index in [2.05, 4.69) is 25.8 Å². The monoisotopic (exact) mass is 307 g/mol. The molecule has 4 N–H and O–H groups in total. The highest BCUT2D eigenvalue weighted by Gasteiger charge is 2.24. The SMILES string of the molecule is CN=C(NCc1cn[nH]c1C)NCC(C)(O)c1cccs1. The van der Waals surface area contributed by atoms with E-state index in [4.69, 9.17) is 0 Å². The van der Waals surface area contributed by atoms with Gasteiger partial charge in [0.2, 0.25) is 0 Å². The van der Waals surface area contributed by atoms with Crippen molar-refractivity contribution in [3.05, 3.63) is 39.8 Å². The molecule has 0 fully saturated rings. The number of hydrogen-bond acceptors (Lipinski definition) is 4. The molecule has 6 nitrogen and oxygen atoms in total. The maximum absolute atomic E-state index is 10.5. The Kier molecular flexibility index (Phi) is 4.98. The lowest BCUT2D eigenvalue weighted by Gasteiger charge is -2.23. The summed E-state index contributed by atoms with van der Waals surface area (Å²) in [6, 6.07) is 3.86. The Morgan fingerprint density at radius 1 is 1.52 bits per heavy atom. The second kappa shape index (κ2) is 6.73. The van der Waals surface area contributed by atoms with Crippen LogP contribution in [0.1, 0.15) is 23.1 Å². The Hall–Kier alpha value is -1.86. The van der Waals surface area contributed by atoms with E-state index >= 15 is 0 Å². The number of rotatable bonds is 5. The van der Waals surface area contributed by atoms with Crippen molar-refractivity contribution in [1.29, 1.82) is 0 Å². The summed E-state index contributed by atoms with van der Waals surface area (Å²) >= 11 is 1.54. The van der Waals surface area contributed by atoms with Crippen LogP contribution < -0.4 is 10.6 Å². The second-order valence-electron chi connectivity index (χ2n) is 5.05. The maximum Gasteiger partial charge on any atom is 0.191 e. The quantitative estimate of drug-likeness (QED) is 0.496. The number of aromatic amines is 1. The van der Waals surface area contributed by atoms with Crippen LogP contribution in [-0.2, 0) is 12.1 Å². The number of hydrogen-bond donors (Lipinski definition) is 4. The highest BCUT2D eigenvalue weighted by atomic mass is 32.1. The molecule has 0 aromatic carbocycles. The molecule has 7 heteroatoms. The molecular weight excluding hydrogens is 286 g/mol. The summed E-state index contributed by atoms with van der Waals surface area (Å²) in [6.07, 6.45) is 1.79. The molecule has 0 aliphatic rings. The van der Waals surface area contributed by atoms with Gasteiger partial charge in [-0.25, -0.2) is 0 Å². The van der Waals surface area contributed by atoms with Crippen LogP contribution in [0.3, 0.4) is 0 Å². The van der Waals surface area contributed by atoms with Crippen molar-refractivity contribution in [2.45, 2.75) is 26.0 Å². The van der Waals surface area contributed by atoms with E-state index in [9.17, 15) is 5.11 Å². The number of nitrogens with zero attached hydrogens (tertiary/aromatic N) is 2. The molecule has 0 amide bonds. The number of guanidine groups is 1. The number of aromatic nitrogens is 2. The van der Waals surface area contributed by atoms with Crippen LogP contribution in [0.5, 0.6) is 0 Å². The van der Waals surface area contributed by atoms with E-state index in [0.717, 1.165) is 16.1 Å². The van der Waals surface area contributed by atoms with Gasteiger partial charge in [-0.2, -0.15) is 5.10 Å². The third-order valence-electron chi connectivity index (χ3n) is 3.26. The third-order valence-corrected chi connectivity index (χ3v) is 4.38. The van der Waals surface area contributed by atoms with Gasteiger partial charge in [0, 0.05) is 29.7 Å². The molecule has 0 saturated carbocycles. The summed E-state index contributed by atoms with van der Waals surface area (Å²) in [6.45, 7) is 4.78. The molecule has 2 rings (SSSR count). The van der Waals surface area contributed by atoms with E-state index in [0.29, 0.717) is 19.0 Å². The van der Waals surface area contributed by atoms with Crippen molar-refractivity contribution in [1.82, 2.24) is 20.8 Å². The normalized spacial score (nSPS) is 14.8. The van der Waals surface area contributed by atoms with E-state index in [1.165, 1.54) is 11.3 Å². The van der Waals surface area contributed by atoms with Crippen LogP contribution in [0.2, 0.25) is 0 Å². The molecule has 0 radical (unpaired) electrons. The van der Waals surface area contributed by atoms with Gasteiger partial charge in [0.15, 0.2) is 5.96 Å². The van der Waals surface area contributed by atoms with Crippen LogP contribution in [0.25, 0.3) is 0 Å². The molecule has 2 aromatic rings. The maximum atomic E-state index is 10.5. The van der Waals surface area contributed by atoms with Gasteiger partial charge in [0.05, 0.1) is 12.7 Å². The third kappa shape index (κ3) is 4.05. The Morgan fingerprint density at radius 3 is 2.90 bits per heavy atom. The van der Waals surface area contributed by atoms with Gasteiger partial charge in [-0.15, -0.1) is 11.3 Å². The number of thiophene rings is 1. The number of aliphatic hydroxyl groups is 1. The van der Waals surface area contributed by atoms with E-state index in [-0.39, 0.29) is 0 Å². The summed E-state index contributed by atoms with van der Waals surface area (Å²) in [5.74, 6) is 0.646. The van der Waals surface area contributed by atoms with Gasteiger partial charge in [-0.3, -0.25) is 10.1 Å². The first-order valence-electron chi connectivity index (χ1n) is 6.72. The molecule has 2 heterocycles. The summed E-state index contributed by atoms with van der Waals surface area (Å²) in [7, 11) is 1.71. The minimum atomic E-state index is -0.919. The fourth-order valence-electron chi connectivity index (χ4n) is 1.88. The molecule has 1 atom stereocenters. The standard InChI is InChI=1S/C14H21N5OS/c1-10-11(8-18-19-10)7-16-13(15-3)17-9-14(2,20)12-5-4-6-21-12/h4-6,8,20H,7,9H2,1-3H3,(H,18,19)(H2,15,16,17). The predicted octanol–water partition coefficient (Wildman–Crippen LogP) is 1.35. The fourth-order valence-corrected chi connectivity index (χ4v) is 2.67. The number of nitrogens with one attached hydrogen (secondary N) is 3. The van der Waals surface area contributed by atoms with Gasteiger partial charge >= 0.3 is 0 Å². The highest BCUT2D eigenvalue weighted by molar-refractivity contribution is 7.10. The van der Waals surface area contributed by atoms with Crippen molar-refractivity contribution in [3.63, 3.8) is 0 Å². The molecule has 114 valence electrons. The van der Waals surface area contributed by atoms with Gasteiger partial charge in [0.1, 0.15) is 5.60 Å². The van der Waals surface area contributed by atoms with Crippen molar-refractivity contribution in [2.75, 3.05) is 13.6 Å². The first-order valence-corrected chi connectivity index (χ1v) is 7.60. The zero-order valence-corrected chi connectivity index (χ0v) is 13.3. The van der Waals surface area contributed by atoms with Gasteiger partial charge < -0.3 is 15.7 Å². The second-order valence-corrected chi connectivity index (χ2v) is 6.00. The van der Waals surface area contributed by atoms with Gasteiger partial charge in [-0.05, 0) is 25.3 Å². The number of aryl methyl sites for hydroxylation is 1. The van der Waals surface area contributed by atoms with E-state index in [1.54, 1.807) is 20.2 Å². The molecule has 0 aliphatic carbocycles. The first kappa shape index (κ1) is 15.5. The Labute approximate surface area is 128 Å². The first-order chi connectivity index (χ1) is 10.0. The number of H-pyrrole nitrogens is 1. The van der Waals surface area contributed by atoms with Crippen molar-refractivity contribution in [3.8, 4) is 0 Å². The molecule has 2 aromatic heterocycles. The topological polar surface area (TPSA) is 85.3 Å². The van der Waals surface area contributed by atoms with Crippen LogP contribution in [0.15, 0.2) is 28.7 Å². The summed E-state index contributed by atoms with van der Waals surface area (Å²) in [4.78, 5) is 5.08. The zero-order valence-electron chi connectivity index (χ0n) is 12.5. The largest absolute Gasteiger partial charge is 0.383 e. The summed E-state index contributed by atoms with van der Waals surface area (Å²) < 4.78 is 0.